The Morgan fingerprint density at radius 3 is 3.13 bits per heavy atom. The summed E-state index contributed by atoms with van der Waals surface area (Å²) in [6, 6.07) is 0. The lowest BCUT2D eigenvalue weighted by atomic mass is 9.78. The monoisotopic (exact) mass is 226 g/mol. The van der Waals surface area contributed by atoms with Crippen LogP contribution in [-0.2, 0) is 14.2 Å². The normalized spacial score (nSPS) is 57.3. The Morgan fingerprint density at radius 1 is 1.60 bits per heavy atom. The number of ether oxygens (including phenoxy) is 3. The van der Waals surface area contributed by atoms with Crippen LogP contribution in [-0.4, -0.2) is 56.5 Å². The molecule has 4 aliphatic rings. The fourth-order valence-corrected chi connectivity index (χ4v) is 4.57. The molecule has 5 atom stereocenters. The van der Waals surface area contributed by atoms with Gasteiger partial charge in [0.25, 0.3) is 0 Å². The van der Waals surface area contributed by atoms with Crippen molar-refractivity contribution in [2.24, 2.45) is 0 Å². The van der Waals surface area contributed by atoms with E-state index in [-0.39, 0.29) is 23.1 Å². The van der Waals surface area contributed by atoms with E-state index in [1.165, 1.54) is 0 Å². The lowest BCUT2D eigenvalue weighted by molar-refractivity contribution is -0.0851. The highest BCUT2D eigenvalue weighted by Crippen LogP contribution is 2.60. The van der Waals surface area contributed by atoms with Gasteiger partial charge in [0.05, 0.1) is 14.5 Å². The molecule has 0 aromatic heterocycles. The van der Waals surface area contributed by atoms with Crippen LogP contribution >= 0.6 is 11.8 Å². The Bertz CT molecular complexity index is 290. The molecule has 0 saturated carbocycles. The minimum atomic E-state index is -0.265. The SMILES string of the molecule is [B][C@@H]1COC2(COC)CSC1C1(C)OC21. The third-order valence-corrected chi connectivity index (χ3v) is 5.56. The van der Waals surface area contributed by atoms with Gasteiger partial charge in [0.2, 0.25) is 0 Å². The summed E-state index contributed by atoms with van der Waals surface area (Å²) in [6.07, 6.45) is 0.171. The first-order valence-corrected chi connectivity index (χ1v) is 6.35. The van der Waals surface area contributed by atoms with Gasteiger partial charge >= 0.3 is 0 Å². The first-order valence-electron chi connectivity index (χ1n) is 5.30. The fraction of sp³-hybridized carbons (Fsp3) is 1.00. The number of rotatable bonds is 2. The molecule has 0 N–H and O–H groups in total. The zero-order valence-electron chi connectivity index (χ0n) is 9.06. The predicted octanol–water partition coefficient (Wildman–Crippen LogP) is 0.632. The summed E-state index contributed by atoms with van der Waals surface area (Å²) >= 11 is 1.87. The van der Waals surface area contributed by atoms with Gasteiger partial charge in [-0.3, -0.25) is 0 Å². The summed E-state index contributed by atoms with van der Waals surface area (Å²) in [6.45, 7) is 3.36. The van der Waals surface area contributed by atoms with Gasteiger partial charge in [-0.25, -0.2) is 0 Å². The largest absolute Gasteiger partial charge is 0.382 e. The molecule has 0 amide bonds. The molecule has 4 unspecified atom stereocenters. The molecular formula is C10H15BO3S. The van der Waals surface area contributed by atoms with E-state index in [0.29, 0.717) is 18.5 Å². The number of thioether (sulfide) groups is 1. The van der Waals surface area contributed by atoms with Crippen molar-refractivity contribution < 1.29 is 14.2 Å². The first kappa shape index (κ1) is 10.4. The molecule has 0 aromatic carbocycles. The predicted molar refractivity (Wildman–Crippen MR) is 59.6 cm³/mol. The molecular weight excluding hydrogens is 211 g/mol. The highest BCUT2D eigenvalue weighted by Gasteiger charge is 2.72. The van der Waals surface area contributed by atoms with Crippen molar-refractivity contribution >= 4 is 19.6 Å². The molecule has 4 heterocycles. The molecule has 3 nitrogen and oxygen atoms in total. The van der Waals surface area contributed by atoms with Gasteiger partial charge in [0.1, 0.15) is 17.3 Å². The lowest BCUT2D eigenvalue weighted by Gasteiger charge is -2.34. The summed E-state index contributed by atoms with van der Waals surface area (Å²) < 4.78 is 17.1. The Labute approximate surface area is 95.6 Å². The van der Waals surface area contributed by atoms with Gasteiger partial charge in [-0.15, -0.1) is 0 Å². The van der Waals surface area contributed by atoms with Gasteiger partial charge in [-0.1, -0.05) is 0 Å². The van der Waals surface area contributed by atoms with Crippen LogP contribution in [0.4, 0.5) is 0 Å². The van der Waals surface area contributed by atoms with Crippen molar-refractivity contribution in [1.29, 1.82) is 0 Å². The van der Waals surface area contributed by atoms with Crippen molar-refractivity contribution in [2.45, 2.75) is 35.3 Å². The average Bonchev–Trinajstić information content (AvgIpc) is 2.91. The van der Waals surface area contributed by atoms with Crippen LogP contribution in [0.1, 0.15) is 6.92 Å². The van der Waals surface area contributed by atoms with Crippen LogP contribution in [0.15, 0.2) is 0 Å². The molecule has 2 radical (unpaired) electrons. The Hall–Kier alpha value is 0.295. The van der Waals surface area contributed by atoms with Crippen LogP contribution < -0.4 is 0 Å². The maximum Gasteiger partial charge on any atom is 0.129 e. The van der Waals surface area contributed by atoms with E-state index < -0.39 is 0 Å². The van der Waals surface area contributed by atoms with E-state index >= 15 is 0 Å². The standard InChI is InChI=1S/C10H15BO3S/c1-9-7-6(11)3-13-10(4-12-2,5-15-7)8(9)14-9/h6-8H,3-5H2,1-2H3/t6-,7?,8?,9?,10?/m1/s1. The second-order valence-corrected chi connectivity index (χ2v) is 6.02. The topological polar surface area (TPSA) is 31.0 Å². The molecule has 15 heavy (non-hydrogen) atoms. The van der Waals surface area contributed by atoms with E-state index in [2.05, 4.69) is 6.92 Å². The van der Waals surface area contributed by atoms with Gasteiger partial charge in [-0.2, -0.15) is 11.8 Å². The zero-order valence-corrected chi connectivity index (χ0v) is 9.88. The minimum Gasteiger partial charge on any atom is -0.382 e. The average molecular weight is 226 g/mol. The maximum absolute atomic E-state index is 6.11. The summed E-state index contributed by atoms with van der Waals surface area (Å²) in [5, 5.41) is 0.370. The van der Waals surface area contributed by atoms with E-state index in [1.807, 2.05) is 11.8 Å². The zero-order chi connectivity index (χ0) is 10.7. The molecule has 0 aliphatic carbocycles. The highest BCUT2D eigenvalue weighted by molar-refractivity contribution is 8.00. The minimum absolute atomic E-state index is 0.0752. The van der Waals surface area contributed by atoms with Gasteiger partial charge in [0.15, 0.2) is 0 Å². The quantitative estimate of drug-likeness (QED) is 0.510. The van der Waals surface area contributed by atoms with Crippen LogP contribution in [0.2, 0.25) is 5.82 Å². The summed E-state index contributed by atoms with van der Waals surface area (Å²) in [5.41, 5.74) is -0.351. The van der Waals surface area contributed by atoms with Crippen molar-refractivity contribution in [3.8, 4) is 0 Å². The van der Waals surface area contributed by atoms with E-state index in [1.54, 1.807) is 7.11 Å². The molecule has 0 spiro atoms. The first-order chi connectivity index (χ1) is 7.12. The Morgan fingerprint density at radius 2 is 2.40 bits per heavy atom. The van der Waals surface area contributed by atoms with Gasteiger partial charge in [0, 0.05) is 24.7 Å². The van der Waals surface area contributed by atoms with Crippen LogP contribution in [0.5, 0.6) is 0 Å². The van der Waals surface area contributed by atoms with Crippen LogP contribution in [0.3, 0.4) is 0 Å². The molecule has 4 saturated heterocycles. The second-order valence-electron chi connectivity index (χ2n) is 4.89. The molecule has 82 valence electrons. The number of hydrogen-bond donors (Lipinski definition) is 0. The lowest BCUT2D eigenvalue weighted by Crippen LogP contribution is -2.51. The second kappa shape index (κ2) is 3.16. The van der Waals surface area contributed by atoms with Gasteiger partial charge in [-0.05, 0) is 12.7 Å². The summed E-state index contributed by atoms with van der Waals surface area (Å²) in [7, 11) is 7.81. The van der Waals surface area contributed by atoms with Crippen molar-refractivity contribution in [3.05, 3.63) is 0 Å². The summed E-state index contributed by atoms with van der Waals surface area (Å²) in [5.74, 6) is 1.01. The maximum atomic E-state index is 6.11. The third-order valence-electron chi connectivity index (χ3n) is 3.73. The number of epoxide rings is 1. The van der Waals surface area contributed by atoms with E-state index in [9.17, 15) is 0 Å². The fourth-order valence-electron chi connectivity index (χ4n) is 2.96. The molecule has 4 fully saturated rings. The molecule has 0 aromatic rings. The van der Waals surface area contributed by atoms with Gasteiger partial charge < -0.3 is 14.2 Å². The number of fused-ring (bicyclic) bond motifs is 3. The molecule has 2 bridgehead atoms. The Balaban J connectivity index is 1.93. The van der Waals surface area contributed by atoms with Crippen LogP contribution in [0.25, 0.3) is 0 Å². The van der Waals surface area contributed by atoms with Crippen molar-refractivity contribution in [1.82, 2.24) is 0 Å². The van der Waals surface area contributed by atoms with Crippen LogP contribution in [0, 0.1) is 0 Å². The molecule has 5 heteroatoms. The van der Waals surface area contributed by atoms with E-state index in [4.69, 9.17) is 22.1 Å². The molecule has 4 rings (SSSR count). The van der Waals surface area contributed by atoms with E-state index in [0.717, 1.165) is 5.75 Å². The smallest absolute Gasteiger partial charge is 0.129 e. The Kier molecular flexibility index (Phi) is 2.20. The summed E-state index contributed by atoms with van der Waals surface area (Å²) in [4.78, 5) is 0. The highest BCUT2D eigenvalue weighted by atomic mass is 32.2. The number of hydrogen-bond acceptors (Lipinski definition) is 4. The van der Waals surface area contributed by atoms with Crippen molar-refractivity contribution in [2.75, 3.05) is 26.1 Å². The third kappa shape index (κ3) is 1.27. The van der Waals surface area contributed by atoms with Crippen molar-refractivity contribution in [3.63, 3.8) is 0 Å². The molecule has 4 aliphatic heterocycles. The number of methoxy groups -OCH3 is 1.